The number of aryl methyl sites for hydroxylation is 1. The van der Waals surface area contributed by atoms with Crippen molar-refractivity contribution < 1.29 is 9.84 Å². The highest BCUT2D eigenvalue weighted by atomic mass is 16.5. The Balaban J connectivity index is 1.25. The van der Waals surface area contributed by atoms with E-state index in [1.54, 1.807) is 6.20 Å². The van der Waals surface area contributed by atoms with Gasteiger partial charge in [-0.15, -0.1) is 0 Å². The van der Waals surface area contributed by atoms with Crippen LogP contribution in [0.5, 0.6) is 5.88 Å². The van der Waals surface area contributed by atoms with Crippen molar-refractivity contribution in [2.75, 3.05) is 36.9 Å². The summed E-state index contributed by atoms with van der Waals surface area (Å²) in [5.74, 6) is 0.962. The average Bonchev–Trinajstić information content (AvgIpc) is 3.57. The van der Waals surface area contributed by atoms with E-state index in [-0.39, 0.29) is 6.61 Å². The number of aromatic nitrogens is 3. The predicted molar refractivity (Wildman–Crippen MR) is 146 cm³/mol. The summed E-state index contributed by atoms with van der Waals surface area (Å²) >= 11 is 0. The second kappa shape index (κ2) is 9.86. The van der Waals surface area contributed by atoms with Crippen molar-refractivity contribution in [3.8, 4) is 23.2 Å². The number of benzene rings is 1. The zero-order valence-corrected chi connectivity index (χ0v) is 21.9. The molecule has 3 aliphatic rings. The first-order valence-electron chi connectivity index (χ1n) is 13.4. The van der Waals surface area contributed by atoms with E-state index in [0.29, 0.717) is 42.3 Å². The molecular weight excluding hydrogens is 478 g/mol. The summed E-state index contributed by atoms with van der Waals surface area (Å²) in [6.07, 6.45) is 8.49. The van der Waals surface area contributed by atoms with E-state index in [0.717, 1.165) is 47.1 Å². The van der Waals surface area contributed by atoms with Crippen LogP contribution in [0.1, 0.15) is 49.3 Å². The minimum absolute atomic E-state index is 0.0136. The molecule has 9 heteroatoms. The standard InChI is InChI=1S/C29H33N7O2/c1-18-10-25(27(32-14-18)38-15-22-4-3-9-36(22)21-5-6-21)35-28-31-8-7-24(34-28)19-11-20(13-30)26-23(12-19)29(2,17-37)16-33-26/h7-8,10-12,14,21-22,33,37H,3-6,9,15-17H2,1-2H3,(H,31,34,35)/t22?,29-/m1/s1. The molecule has 2 aliphatic heterocycles. The summed E-state index contributed by atoms with van der Waals surface area (Å²) in [6.45, 7) is 6.33. The lowest BCUT2D eigenvalue weighted by Crippen LogP contribution is -2.35. The number of ether oxygens (including phenoxy) is 1. The third-order valence-corrected chi connectivity index (χ3v) is 7.95. The van der Waals surface area contributed by atoms with Gasteiger partial charge in [-0.1, -0.05) is 6.92 Å². The predicted octanol–water partition coefficient (Wildman–Crippen LogP) is 4.14. The molecule has 196 valence electrons. The summed E-state index contributed by atoms with van der Waals surface area (Å²) < 4.78 is 6.25. The van der Waals surface area contributed by atoms with Gasteiger partial charge in [-0.05, 0) is 74.5 Å². The SMILES string of the molecule is Cc1cnc(OCC2CCCN2C2CC2)c(Nc2nccc(-c3cc(C#N)c4c(c3)[C@@](C)(CO)CN4)n2)c1. The number of nitrogens with one attached hydrogen (secondary N) is 2. The maximum atomic E-state index is 10.0. The lowest BCUT2D eigenvalue weighted by Gasteiger charge is -2.24. The van der Waals surface area contributed by atoms with Crippen LogP contribution in [0.15, 0.2) is 36.7 Å². The number of fused-ring (bicyclic) bond motifs is 1. The number of hydrogen-bond acceptors (Lipinski definition) is 9. The van der Waals surface area contributed by atoms with Gasteiger partial charge in [-0.2, -0.15) is 5.26 Å². The van der Waals surface area contributed by atoms with Crippen LogP contribution in [-0.2, 0) is 5.41 Å². The van der Waals surface area contributed by atoms with E-state index >= 15 is 0 Å². The Morgan fingerprint density at radius 2 is 2.13 bits per heavy atom. The molecule has 1 saturated heterocycles. The van der Waals surface area contributed by atoms with Gasteiger partial charge >= 0.3 is 0 Å². The number of aliphatic hydroxyl groups excluding tert-OH is 1. The van der Waals surface area contributed by atoms with Gasteiger partial charge in [0.25, 0.3) is 0 Å². The van der Waals surface area contributed by atoms with Crippen molar-refractivity contribution in [1.29, 1.82) is 5.26 Å². The molecule has 9 nitrogen and oxygen atoms in total. The van der Waals surface area contributed by atoms with Crippen molar-refractivity contribution in [1.82, 2.24) is 19.9 Å². The van der Waals surface area contributed by atoms with Crippen LogP contribution >= 0.6 is 0 Å². The number of nitrogens with zero attached hydrogens (tertiary/aromatic N) is 5. The molecule has 0 amide bonds. The molecule has 3 aromatic rings. The van der Waals surface area contributed by atoms with Gasteiger partial charge in [0, 0.05) is 42.0 Å². The summed E-state index contributed by atoms with van der Waals surface area (Å²) in [6, 6.07) is 11.1. The lowest BCUT2D eigenvalue weighted by atomic mass is 9.83. The van der Waals surface area contributed by atoms with Crippen molar-refractivity contribution in [2.45, 2.75) is 57.0 Å². The quantitative estimate of drug-likeness (QED) is 0.410. The molecule has 1 unspecified atom stereocenters. The molecule has 0 spiro atoms. The molecule has 1 aliphatic carbocycles. The van der Waals surface area contributed by atoms with Gasteiger partial charge in [0.05, 0.1) is 23.6 Å². The second-order valence-corrected chi connectivity index (χ2v) is 11.0. The Labute approximate surface area is 222 Å². The van der Waals surface area contributed by atoms with Crippen molar-refractivity contribution >= 4 is 17.3 Å². The number of pyridine rings is 1. The van der Waals surface area contributed by atoms with Gasteiger partial charge in [0.15, 0.2) is 0 Å². The van der Waals surface area contributed by atoms with Crippen molar-refractivity contribution in [3.63, 3.8) is 0 Å². The summed E-state index contributed by atoms with van der Waals surface area (Å²) in [4.78, 5) is 16.4. The molecule has 38 heavy (non-hydrogen) atoms. The number of hydrogen-bond donors (Lipinski definition) is 3. The van der Waals surface area contributed by atoms with Crippen molar-refractivity contribution in [3.05, 3.63) is 53.3 Å². The first kappa shape index (κ1) is 24.6. The molecular formula is C29H33N7O2. The number of nitriles is 1. The number of likely N-dealkylation sites (tertiary alicyclic amines) is 1. The third-order valence-electron chi connectivity index (χ3n) is 7.95. The molecule has 2 fully saturated rings. The smallest absolute Gasteiger partial charge is 0.237 e. The van der Waals surface area contributed by atoms with Gasteiger partial charge in [-0.25, -0.2) is 15.0 Å². The molecule has 3 N–H and O–H groups in total. The molecule has 1 aromatic carbocycles. The van der Waals surface area contributed by atoms with Crippen molar-refractivity contribution in [2.24, 2.45) is 0 Å². The van der Waals surface area contributed by atoms with E-state index in [1.807, 2.05) is 44.3 Å². The van der Waals surface area contributed by atoms with Crippen LogP contribution in [0.3, 0.4) is 0 Å². The lowest BCUT2D eigenvalue weighted by molar-refractivity contribution is 0.163. The molecule has 0 radical (unpaired) electrons. The van der Waals surface area contributed by atoms with Gasteiger partial charge < -0.3 is 20.5 Å². The van der Waals surface area contributed by atoms with E-state index in [2.05, 4.69) is 31.6 Å². The first-order valence-corrected chi connectivity index (χ1v) is 13.4. The highest BCUT2D eigenvalue weighted by Gasteiger charge is 2.37. The molecule has 4 heterocycles. The maximum absolute atomic E-state index is 10.0. The Morgan fingerprint density at radius 3 is 2.92 bits per heavy atom. The summed E-state index contributed by atoms with van der Waals surface area (Å²) in [7, 11) is 0. The fourth-order valence-corrected chi connectivity index (χ4v) is 5.62. The van der Waals surface area contributed by atoms with Crippen LogP contribution in [0.25, 0.3) is 11.3 Å². The van der Waals surface area contributed by atoms with E-state index in [9.17, 15) is 10.4 Å². The maximum Gasteiger partial charge on any atom is 0.237 e. The molecule has 0 bridgehead atoms. The topological polar surface area (TPSA) is 119 Å². The van der Waals surface area contributed by atoms with E-state index < -0.39 is 5.41 Å². The van der Waals surface area contributed by atoms with E-state index in [4.69, 9.17) is 9.72 Å². The molecule has 1 saturated carbocycles. The molecule has 2 atom stereocenters. The minimum Gasteiger partial charge on any atom is -0.475 e. The zero-order chi connectivity index (χ0) is 26.3. The van der Waals surface area contributed by atoms with Gasteiger partial charge in [0.2, 0.25) is 11.8 Å². The average molecular weight is 512 g/mol. The van der Waals surface area contributed by atoms with Crippen LogP contribution in [0.4, 0.5) is 17.3 Å². The fourth-order valence-electron chi connectivity index (χ4n) is 5.62. The largest absolute Gasteiger partial charge is 0.475 e. The summed E-state index contributed by atoms with van der Waals surface area (Å²) in [5.41, 5.74) is 5.00. The van der Waals surface area contributed by atoms with E-state index in [1.165, 1.54) is 19.3 Å². The Hall–Kier alpha value is -3.74. The minimum atomic E-state index is -0.459. The number of rotatable bonds is 8. The summed E-state index contributed by atoms with van der Waals surface area (Å²) in [5, 5.41) is 26.4. The highest BCUT2D eigenvalue weighted by molar-refractivity contribution is 5.76. The first-order chi connectivity index (χ1) is 18.5. The molecule has 6 rings (SSSR count). The molecule has 2 aromatic heterocycles. The fraction of sp³-hybridized carbons (Fsp3) is 0.448. The highest BCUT2D eigenvalue weighted by Crippen LogP contribution is 2.41. The monoisotopic (exact) mass is 511 g/mol. The number of aliphatic hydroxyl groups is 1. The Morgan fingerprint density at radius 1 is 1.26 bits per heavy atom. The Kier molecular flexibility index (Phi) is 6.38. The number of anilines is 3. The van der Waals surface area contributed by atoms with Crippen LogP contribution in [0, 0.1) is 18.3 Å². The van der Waals surface area contributed by atoms with Gasteiger partial charge in [0.1, 0.15) is 18.4 Å². The third kappa shape index (κ3) is 4.66. The van der Waals surface area contributed by atoms with Crippen LogP contribution < -0.4 is 15.4 Å². The van der Waals surface area contributed by atoms with Crippen LogP contribution in [0.2, 0.25) is 0 Å². The van der Waals surface area contributed by atoms with Crippen LogP contribution in [-0.4, -0.2) is 63.3 Å². The normalized spacial score (nSPS) is 22.5. The zero-order valence-electron chi connectivity index (χ0n) is 21.9. The Bertz CT molecular complexity index is 1400. The van der Waals surface area contributed by atoms with Gasteiger partial charge in [-0.3, -0.25) is 4.90 Å². The second-order valence-electron chi connectivity index (χ2n) is 11.0.